The summed E-state index contributed by atoms with van der Waals surface area (Å²) in [5.74, 6) is -0.701. The maximum absolute atomic E-state index is 11.3. The Morgan fingerprint density at radius 2 is 1.52 bits per heavy atom. The molecular formula is C13H29N7O3. The number of unbranched alkanes of at least 4 members (excludes halogenated alkanes) is 6. The molecule has 134 valence electrons. The lowest BCUT2D eigenvalue weighted by atomic mass is 10.1. The van der Waals surface area contributed by atoms with Crippen LogP contribution < -0.4 is 28.7 Å². The summed E-state index contributed by atoms with van der Waals surface area (Å²) >= 11 is 0. The average molecular weight is 331 g/mol. The summed E-state index contributed by atoms with van der Waals surface area (Å²) in [4.78, 5) is 19.0. The molecule has 0 amide bonds. The van der Waals surface area contributed by atoms with Crippen molar-refractivity contribution < 1.29 is 14.4 Å². The number of hydrogen-bond donors (Lipinski definition) is 5. The quantitative estimate of drug-likeness (QED) is 0.0664. The molecule has 0 saturated heterocycles. The van der Waals surface area contributed by atoms with Crippen LogP contribution in [-0.2, 0) is 9.57 Å². The Labute approximate surface area is 136 Å². The summed E-state index contributed by atoms with van der Waals surface area (Å²) in [7, 11) is 0. The number of carbonyl (C=O) groups excluding carboxylic acids is 1. The summed E-state index contributed by atoms with van der Waals surface area (Å²) in [5.41, 5.74) is 26.5. The first-order chi connectivity index (χ1) is 11.0. The zero-order valence-corrected chi connectivity index (χ0v) is 13.4. The van der Waals surface area contributed by atoms with Gasteiger partial charge in [-0.25, -0.2) is 4.79 Å². The Morgan fingerprint density at radius 3 is 2.09 bits per heavy atom. The fraction of sp³-hybridized carbons (Fsp3) is 0.769. The molecule has 1 unspecified atom stereocenters. The molecule has 0 spiro atoms. The van der Waals surface area contributed by atoms with Gasteiger partial charge in [0.1, 0.15) is 0 Å². The van der Waals surface area contributed by atoms with Gasteiger partial charge in [0.25, 0.3) is 5.96 Å². The summed E-state index contributed by atoms with van der Waals surface area (Å²) < 4.78 is 4.79. The largest absolute Gasteiger partial charge is 0.536 e. The third kappa shape index (κ3) is 14.6. The van der Waals surface area contributed by atoms with Crippen LogP contribution in [0.15, 0.2) is 10.1 Å². The molecule has 0 aliphatic carbocycles. The molecule has 0 aliphatic rings. The first kappa shape index (κ1) is 20.9. The van der Waals surface area contributed by atoms with Crippen molar-refractivity contribution in [2.75, 3.05) is 6.54 Å². The number of aliphatic imine (C=N–C) groups is 1. The summed E-state index contributed by atoms with van der Waals surface area (Å²) in [6.45, 7) is 0.754. The first-order valence-corrected chi connectivity index (χ1v) is 7.72. The Kier molecular flexibility index (Phi) is 12.4. The number of carbonyl (C=O) groups is 1. The molecular weight excluding hydrogens is 302 g/mol. The smallest absolute Gasteiger partial charge is 0.414 e. The van der Waals surface area contributed by atoms with Crippen LogP contribution >= 0.6 is 0 Å². The van der Waals surface area contributed by atoms with Gasteiger partial charge in [0.05, 0.1) is 0 Å². The molecule has 1 atom stereocenters. The molecule has 10 heteroatoms. The number of nitrogens with two attached hydrogens (primary N) is 5. The van der Waals surface area contributed by atoms with E-state index in [4.69, 9.17) is 33.4 Å². The number of nitrogens with zero attached hydrogens (tertiary/aromatic N) is 2. The zero-order chi connectivity index (χ0) is 17.5. The highest BCUT2D eigenvalue weighted by atomic mass is 16.8. The van der Waals surface area contributed by atoms with E-state index in [1.54, 1.807) is 0 Å². The van der Waals surface area contributed by atoms with E-state index in [1.165, 1.54) is 19.3 Å². The van der Waals surface area contributed by atoms with Gasteiger partial charge in [-0.15, -0.1) is 0 Å². The Morgan fingerprint density at radius 1 is 0.957 bits per heavy atom. The van der Waals surface area contributed by atoms with Gasteiger partial charge in [-0.1, -0.05) is 32.1 Å². The van der Waals surface area contributed by atoms with Gasteiger partial charge in [0, 0.05) is 0 Å². The van der Waals surface area contributed by atoms with Crippen LogP contribution in [0.1, 0.15) is 51.4 Å². The zero-order valence-electron chi connectivity index (χ0n) is 13.4. The average Bonchev–Trinajstić information content (AvgIpc) is 2.47. The Bertz CT molecular complexity index is 384. The van der Waals surface area contributed by atoms with E-state index in [0.29, 0.717) is 6.42 Å². The van der Waals surface area contributed by atoms with Crippen molar-refractivity contribution in [3.63, 3.8) is 0 Å². The third-order valence-electron chi connectivity index (χ3n) is 2.90. The fourth-order valence-corrected chi connectivity index (χ4v) is 1.81. The van der Waals surface area contributed by atoms with Crippen LogP contribution in [-0.4, -0.2) is 30.8 Å². The lowest BCUT2D eigenvalue weighted by Gasteiger charge is -2.11. The summed E-state index contributed by atoms with van der Waals surface area (Å²) in [6.07, 6.45) is 6.39. The van der Waals surface area contributed by atoms with Gasteiger partial charge >= 0.3 is 6.16 Å². The molecule has 0 aromatic carbocycles. The predicted molar refractivity (Wildman–Crippen MR) is 89.0 cm³/mol. The first-order valence-electron chi connectivity index (χ1n) is 7.72. The maximum atomic E-state index is 11.3. The van der Waals surface area contributed by atoms with Crippen molar-refractivity contribution in [3.8, 4) is 0 Å². The van der Waals surface area contributed by atoms with Gasteiger partial charge in [-0.05, 0) is 31.0 Å². The van der Waals surface area contributed by atoms with E-state index in [0.717, 1.165) is 32.2 Å². The molecule has 10 N–H and O–H groups in total. The van der Waals surface area contributed by atoms with E-state index in [1.807, 2.05) is 0 Å². The molecule has 0 rings (SSSR count). The van der Waals surface area contributed by atoms with E-state index < -0.39 is 18.3 Å². The molecule has 0 bridgehead atoms. The van der Waals surface area contributed by atoms with Crippen molar-refractivity contribution in [2.45, 2.75) is 57.6 Å². The normalized spacial score (nSPS) is 12.5. The second-order valence-electron chi connectivity index (χ2n) is 5.04. The number of guanidine groups is 2. The molecule has 0 heterocycles. The van der Waals surface area contributed by atoms with Crippen LogP contribution in [0.2, 0.25) is 0 Å². The van der Waals surface area contributed by atoms with Gasteiger partial charge in [0.15, 0.2) is 12.2 Å². The number of rotatable bonds is 11. The van der Waals surface area contributed by atoms with E-state index in [-0.39, 0.29) is 5.96 Å². The van der Waals surface area contributed by atoms with Crippen LogP contribution in [0.25, 0.3) is 0 Å². The van der Waals surface area contributed by atoms with E-state index >= 15 is 0 Å². The molecule has 23 heavy (non-hydrogen) atoms. The van der Waals surface area contributed by atoms with Crippen molar-refractivity contribution in [1.29, 1.82) is 0 Å². The van der Waals surface area contributed by atoms with Crippen LogP contribution in [0, 0.1) is 0 Å². The van der Waals surface area contributed by atoms with Crippen LogP contribution in [0.3, 0.4) is 0 Å². The number of ether oxygens (including phenoxy) is 1. The Balaban J connectivity index is 3.67. The molecule has 0 aliphatic heterocycles. The lowest BCUT2D eigenvalue weighted by molar-refractivity contribution is 0.0232. The molecule has 10 nitrogen and oxygen atoms in total. The van der Waals surface area contributed by atoms with Crippen molar-refractivity contribution in [1.82, 2.24) is 0 Å². The standard InChI is InChI=1S/C13H29N7O3/c14-9-7-5-3-1-2-4-6-8-10(15)22-13(21)23-20-12(18)19-11(16)17/h10H,1-9,14-15H2,(H6,16,17,18,19,20). The highest BCUT2D eigenvalue weighted by molar-refractivity contribution is 5.92. The van der Waals surface area contributed by atoms with Gasteiger partial charge in [-0.3, -0.25) is 10.6 Å². The SMILES string of the molecule is NCCCCCCCCCC(N)OC(=O)ON=C(N)N=C(N)N. The highest BCUT2D eigenvalue weighted by Gasteiger charge is 2.11. The third-order valence-corrected chi connectivity index (χ3v) is 2.90. The van der Waals surface area contributed by atoms with Crippen molar-refractivity contribution in [2.24, 2.45) is 38.8 Å². The lowest BCUT2D eigenvalue weighted by Crippen LogP contribution is -2.28. The second kappa shape index (κ2) is 13.6. The minimum atomic E-state index is -1.06. The minimum Gasteiger partial charge on any atom is -0.414 e. The van der Waals surface area contributed by atoms with Gasteiger partial charge in [-0.2, -0.15) is 4.99 Å². The number of oxime groups is 1. The molecule has 0 saturated carbocycles. The fourth-order valence-electron chi connectivity index (χ4n) is 1.81. The highest BCUT2D eigenvalue weighted by Crippen LogP contribution is 2.09. The van der Waals surface area contributed by atoms with E-state index in [9.17, 15) is 4.79 Å². The predicted octanol–water partition coefficient (Wildman–Crippen LogP) is 0.00700. The summed E-state index contributed by atoms with van der Waals surface area (Å²) in [6, 6.07) is 0. The second-order valence-corrected chi connectivity index (χ2v) is 5.04. The van der Waals surface area contributed by atoms with Crippen molar-refractivity contribution in [3.05, 3.63) is 0 Å². The van der Waals surface area contributed by atoms with Crippen LogP contribution in [0.4, 0.5) is 4.79 Å². The van der Waals surface area contributed by atoms with Crippen molar-refractivity contribution >= 4 is 18.1 Å². The summed E-state index contributed by atoms with van der Waals surface area (Å²) in [5, 5.41) is 3.17. The van der Waals surface area contributed by atoms with E-state index in [2.05, 4.69) is 15.0 Å². The molecule has 0 aromatic heterocycles. The Hall–Kier alpha value is -2.07. The maximum Gasteiger partial charge on any atom is 0.536 e. The van der Waals surface area contributed by atoms with Gasteiger partial charge in [0.2, 0.25) is 0 Å². The minimum absolute atomic E-state index is 0.303. The molecule has 0 aromatic rings. The van der Waals surface area contributed by atoms with Gasteiger partial charge < -0.3 is 27.7 Å². The number of hydrogen-bond acceptors (Lipinski definition) is 6. The monoisotopic (exact) mass is 331 g/mol. The molecule has 0 fully saturated rings. The molecule has 0 radical (unpaired) electrons. The van der Waals surface area contributed by atoms with Crippen LogP contribution in [0.5, 0.6) is 0 Å². The topological polar surface area (TPSA) is 190 Å².